The van der Waals surface area contributed by atoms with Gasteiger partial charge in [0.1, 0.15) is 6.10 Å². The van der Waals surface area contributed by atoms with Crippen LogP contribution in [0, 0.1) is 0 Å². The fourth-order valence-electron chi connectivity index (χ4n) is 0.554. The van der Waals surface area contributed by atoms with Crippen molar-refractivity contribution in [1.29, 1.82) is 0 Å². The van der Waals surface area contributed by atoms with Crippen molar-refractivity contribution in [3.63, 3.8) is 0 Å². The second kappa shape index (κ2) is 1.74. The van der Waals surface area contributed by atoms with E-state index in [1.165, 1.54) is 0 Å². The molecule has 1 rings (SSSR count). The van der Waals surface area contributed by atoms with Crippen LogP contribution < -0.4 is 5.73 Å². The minimum Gasteiger partial charge on any atom is -0.471 e. The topological polar surface area (TPSA) is 35.2 Å². The Kier molecular flexibility index (Phi) is 1.21. The molecule has 0 aromatic heterocycles. The standard InChI is InChI=1S/C5H7NOS/c1-3-4(8)2-5(6)7-3/h2-3H,6H2,1H3. The van der Waals surface area contributed by atoms with Gasteiger partial charge in [-0.05, 0) is 6.92 Å². The Morgan fingerprint density at radius 2 is 2.50 bits per heavy atom. The van der Waals surface area contributed by atoms with Gasteiger partial charge in [-0.15, -0.1) is 0 Å². The Hall–Kier alpha value is -0.570. The van der Waals surface area contributed by atoms with E-state index < -0.39 is 0 Å². The van der Waals surface area contributed by atoms with E-state index in [2.05, 4.69) is 0 Å². The van der Waals surface area contributed by atoms with Gasteiger partial charge >= 0.3 is 0 Å². The van der Waals surface area contributed by atoms with E-state index in [1.54, 1.807) is 6.08 Å². The Morgan fingerprint density at radius 1 is 1.88 bits per heavy atom. The van der Waals surface area contributed by atoms with E-state index in [1.807, 2.05) is 6.92 Å². The predicted octanol–water partition coefficient (Wildman–Crippen LogP) is 0.575. The zero-order valence-electron chi connectivity index (χ0n) is 4.55. The third-order valence-corrected chi connectivity index (χ3v) is 1.45. The molecule has 2 nitrogen and oxygen atoms in total. The van der Waals surface area contributed by atoms with Gasteiger partial charge < -0.3 is 10.5 Å². The van der Waals surface area contributed by atoms with Crippen molar-refractivity contribution in [3.8, 4) is 0 Å². The summed E-state index contributed by atoms with van der Waals surface area (Å²) in [5.74, 6) is 0.433. The van der Waals surface area contributed by atoms with Crippen molar-refractivity contribution >= 4 is 17.1 Å². The molecular weight excluding hydrogens is 122 g/mol. The molecule has 0 aromatic carbocycles. The maximum Gasteiger partial charge on any atom is 0.185 e. The molecule has 0 saturated carbocycles. The maximum atomic E-state index is 5.27. The van der Waals surface area contributed by atoms with Crippen LogP contribution in [0.1, 0.15) is 6.92 Å². The van der Waals surface area contributed by atoms with Gasteiger partial charge in [-0.1, -0.05) is 12.2 Å². The van der Waals surface area contributed by atoms with Gasteiger partial charge in [0.25, 0.3) is 0 Å². The van der Waals surface area contributed by atoms with Crippen LogP contribution in [0.3, 0.4) is 0 Å². The van der Waals surface area contributed by atoms with Crippen LogP contribution in [-0.4, -0.2) is 11.0 Å². The number of nitrogens with two attached hydrogens (primary N) is 1. The summed E-state index contributed by atoms with van der Waals surface area (Å²) in [6, 6.07) is 0. The van der Waals surface area contributed by atoms with Gasteiger partial charge in [0.2, 0.25) is 0 Å². The summed E-state index contributed by atoms with van der Waals surface area (Å²) in [5.41, 5.74) is 5.27. The molecule has 0 saturated heterocycles. The molecule has 0 bridgehead atoms. The quantitative estimate of drug-likeness (QED) is 0.486. The van der Waals surface area contributed by atoms with Crippen LogP contribution in [-0.2, 0) is 4.74 Å². The van der Waals surface area contributed by atoms with E-state index in [0.29, 0.717) is 5.88 Å². The maximum absolute atomic E-state index is 5.27. The highest BCUT2D eigenvalue weighted by Crippen LogP contribution is 2.09. The van der Waals surface area contributed by atoms with E-state index in [0.717, 1.165) is 4.86 Å². The Balaban J connectivity index is 2.70. The number of ether oxygens (including phenoxy) is 1. The highest BCUT2D eigenvalue weighted by atomic mass is 32.1. The van der Waals surface area contributed by atoms with Gasteiger partial charge in [-0.25, -0.2) is 0 Å². The van der Waals surface area contributed by atoms with Crippen LogP contribution in [0.25, 0.3) is 0 Å². The van der Waals surface area contributed by atoms with Gasteiger partial charge in [-0.3, -0.25) is 0 Å². The molecule has 0 spiro atoms. The highest BCUT2D eigenvalue weighted by Gasteiger charge is 2.15. The van der Waals surface area contributed by atoms with Crippen LogP contribution in [0.5, 0.6) is 0 Å². The normalized spacial score (nSPS) is 27.4. The summed E-state index contributed by atoms with van der Waals surface area (Å²) in [5, 5.41) is 0. The Morgan fingerprint density at radius 3 is 2.62 bits per heavy atom. The molecular formula is C5H7NOS. The summed E-state index contributed by atoms with van der Waals surface area (Å²) in [6.07, 6.45) is 1.67. The van der Waals surface area contributed by atoms with Gasteiger partial charge in [0, 0.05) is 6.08 Å². The lowest BCUT2D eigenvalue weighted by atomic mass is 10.3. The first-order valence-corrected chi connectivity index (χ1v) is 2.78. The van der Waals surface area contributed by atoms with Crippen molar-refractivity contribution in [2.24, 2.45) is 5.73 Å². The molecule has 0 fully saturated rings. The van der Waals surface area contributed by atoms with Crippen LogP contribution in [0.15, 0.2) is 12.0 Å². The molecule has 2 N–H and O–H groups in total. The summed E-state index contributed by atoms with van der Waals surface area (Å²) in [7, 11) is 0. The summed E-state index contributed by atoms with van der Waals surface area (Å²) in [6.45, 7) is 1.87. The summed E-state index contributed by atoms with van der Waals surface area (Å²) < 4.78 is 4.97. The minimum absolute atomic E-state index is 0.00463. The number of thiocarbonyl (C=S) groups is 1. The van der Waals surface area contributed by atoms with Crippen molar-refractivity contribution in [2.75, 3.05) is 0 Å². The van der Waals surface area contributed by atoms with Crippen LogP contribution in [0.2, 0.25) is 0 Å². The molecule has 8 heavy (non-hydrogen) atoms. The number of hydrogen-bond donors (Lipinski definition) is 1. The van der Waals surface area contributed by atoms with Crippen molar-refractivity contribution < 1.29 is 4.74 Å². The fraction of sp³-hybridized carbons (Fsp3) is 0.400. The zero-order valence-corrected chi connectivity index (χ0v) is 5.37. The molecule has 3 heteroatoms. The zero-order chi connectivity index (χ0) is 6.15. The number of rotatable bonds is 0. The van der Waals surface area contributed by atoms with Crippen LogP contribution >= 0.6 is 12.2 Å². The molecule has 1 atom stereocenters. The van der Waals surface area contributed by atoms with Gasteiger partial charge in [0.15, 0.2) is 5.88 Å². The van der Waals surface area contributed by atoms with E-state index in [4.69, 9.17) is 22.7 Å². The summed E-state index contributed by atoms with van der Waals surface area (Å²) >= 11 is 4.84. The molecule has 1 heterocycles. The second-order valence-electron chi connectivity index (χ2n) is 1.71. The molecule has 44 valence electrons. The smallest absolute Gasteiger partial charge is 0.185 e. The van der Waals surface area contributed by atoms with E-state index >= 15 is 0 Å². The summed E-state index contributed by atoms with van der Waals surface area (Å²) in [4.78, 5) is 0.780. The molecule has 0 aromatic rings. The molecule has 1 unspecified atom stereocenters. The van der Waals surface area contributed by atoms with Crippen molar-refractivity contribution in [3.05, 3.63) is 12.0 Å². The molecule has 0 aliphatic carbocycles. The first-order valence-electron chi connectivity index (χ1n) is 2.38. The van der Waals surface area contributed by atoms with Crippen LogP contribution in [0.4, 0.5) is 0 Å². The predicted molar refractivity (Wildman–Crippen MR) is 35.4 cm³/mol. The lowest BCUT2D eigenvalue weighted by molar-refractivity contribution is 0.197. The lowest BCUT2D eigenvalue weighted by Crippen LogP contribution is -2.09. The molecule has 0 amide bonds. The molecule has 1 aliphatic rings. The monoisotopic (exact) mass is 129 g/mol. The van der Waals surface area contributed by atoms with Gasteiger partial charge in [0.05, 0.1) is 4.86 Å². The third kappa shape index (κ3) is 0.816. The third-order valence-electron chi connectivity index (χ3n) is 0.998. The SMILES string of the molecule is CC1OC(N)=CC1=S. The minimum atomic E-state index is 0.00463. The lowest BCUT2D eigenvalue weighted by Gasteiger charge is -2.01. The first kappa shape index (κ1) is 5.56. The van der Waals surface area contributed by atoms with Gasteiger partial charge in [-0.2, -0.15) is 0 Å². The molecule has 1 aliphatic heterocycles. The van der Waals surface area contributed by atoms with Crippen molar-refractivity contribution in [1.82, 2.24) is 0 Å². The first-order chi connectivity index (χ1) is 3.70. The molecule has 0 radical (unpaired) electrons. The highest BCUT2D eigenvalue weighted by molar-refractivity contribution is 7.80. The Bertz CT molecular complexity index is 153. The average Bonchev–Trinajstić information content (AvgIpc) is 1.85. The second-order valence-corrected chi connectivity index (χ2v) is 2.18. The number of hydrogen-bond acceptors (Lipinski definition) is 3. The Labute approximate surface area is 53.3 Å². The van der Waals surface area contributed by atoms with E-state index in [-0.39, 0.29) is 6.10 Å². The van der Waals surface area contributed by atoms with Crippen molar-refractivity contribution in [2.45, 2.75) is 13.0 Å². The van der Waals surface area contributed by atoms with E-state index in [9.17, 15) is 0 Å². The fourth-order valence-corrected chi connectivity index (χ4v) is 0.718. The largest absolute Gasteiger partial charge is 0.471 e. The average molecular weight is 129 g/mol.